The van der Waals surface area contributed by atoms with Crippen molar-refractivity contribution in [3.05, 3.63) is 59.7 Å². The minimum absolute atomic E-state index is 0.547. The number of fused-ring (bicyclic) bond motifs is 2. The minimum Gasteiger partial charge on any atom is -0.0774 e. The largest absolute Gasteiger partial charge is 0.206 e. The highest BCUT2D eigenvalue weighted by molar-refractivity contribution is 6.85. The van der Waals surface area contributed by atoms with Crippen molar-refractivity contribution >= 4 is 17.6 Å². The highest BCUT2D eigenvalue weighted by atomic mass is 14.1. The SMILES string of the molecule is CB1c2ccccc2Cc2ccccc21. The topological polar surface area (TPSA) is 0 Å². The third-order valence-electron chi connectivity index (χ3n) is 3.42. The van der Waals surface area contributed by atoms with Crippen molar-refractivity contribution in [1.82, 2.24) is 0 Å². The zero-order valence-electron chi connectivity index (χ0n) is 8.90. The van der Waals surface area contributed by atoms with Gasteiger partial charge >= 0.3 is 0 Å². The van der Waals surface area contributed by atoms with Crippen LogP contribution in [0.1, 0.15) is 11.1 Å². The van der Waals surface area contributed by atoms with Gasteiger partial charge in [-0.3, -0.25) is 0 Å². The second-order valence-electron chi connectivity index (χ2n) is 4.30. The summed E-state index contributed by atoms with van der Waals surface area (Å²) in [6.07, 6.45) is 1.09. The smallest absolute Gasteiger partial charge is 0.0774 e. The summed E-state index contributed by atoms with van der Waals surface area (Å²) in [5, 5.41) is 0. The van der Waals surface area contributed by atoms with E-state index in [-0.39, 0.29) is 0 Å². The molecule has 0 radical (unpaired) electrons. The van der Waals surface area contributed by atoms with E-state index in [2.05, 4.69) is 55.4 Å². The van der Waals surface area contributed by atoms with Crippen LogP contribution in [0.4, 0.5) is 0 Å². The lowest BCUT2D eigenvalue weighted by Gasteiger charge is -2.23. The van der Waals surface area contributed by atoms with Gasteiger partial charge in [-0.1, -0.05) is 66.3 Å². The van der Waals surface area contributed by atoms with Crippen LogP contribution in [0.3, 0.4) is 0 Å². The van der Waals surface area contributed by atoms with Crippen molar-refractivity contribution in [2.45, 2.75) is 13.2 Å². The monoisotopic (exact) mass is 192 g/mol. The highest BCUT2D eigenvalue weighted by Crippen LogP contribution is 2.13. The Balaban J connectivity index is 2.20. The van der Waals surface area contributed by atoms with E-state index >= 15 is 0 Å². The molecule has 0 spiro atoms. The first-order valence-corrected chi connectivity index (χ1v) is 5.52. The van der Waals surface area contributed by atoms with Crippen LogP contribution in [-0.4, -0.2) is 6.71 Å². The molecule has 1 heteroatoms. The molecule has 0 nitrogen and oxygen atoms in total. The molecule has 3 rings (SSSR count). The van der Waals surface area contributed by atoms with E-state index in [1.807, 2.05) is 0 Å². The number of rotatable bonds is 0. The van der Waals surface area contributed by atoms with Crippen LogP contribution >= 0.6 is 0 Å². The summed E-state index contributed by atoms with van der Waals surface area (Å²) in [5.74, 6) is 0. The lowest BCUT2D eigenvalue weighted by molar-refractivity contribution is 1.21. The van der Waals surface area contributed by atoms with Crippen molar-refractivity contribution < 1.29 is 0 Å². The molecule has 15 heavy (non-hydrogen) atoms. The molecule has 1 heterocycles. The Hall–Kier alpha value is -1.50. The van der Waals surface area contributed by atoms with Crippen LogP contribution in [-0.2, 0) is 6.42 Å². The number of hydrogen-bond acceptors (Lipinski definition) is 0. The van der Waals surface area contributed by atoms with Gasteiger partial charge in [-0.15, -0.1) is 0 Å². The molecule has 0 saturated heterocycles. The summed E-state index contributed by atoms with van der Waals surface area (Å²) in [6, 6.07) is 17.6. The number of benzene rings is 2. The Kier molecular flexibility index (Phi) is 1.91. The average molecular weight is 192 g/mol. The van der Waals surface area contributed by atoms with E-state index in [1.165, 1.54) is 22.1 Å². The van der Waals surface area contributed by atoms with Gasteiger partial charge < -0.3 is 0 Å². The van der Waals surface area contributed by atoms with E-state index < -0.39 is 0 Å². The molecule has 0 fully saturated rings. The van der Waals surface area contributed by atoms with E-state index in [0.29, 0.717) is 6.71 Å². The van der Waals surface area contributed by atoms with Gasteiger partial charge in [-0.25, -0.2) is 0 Å². The first-order valence-electron chi connectivity index (χ1n) is 5.52. The maximum Gasteiger partial charge on any atom is 0.206 e. The fourth-order valence-electron chi connectivity index (χ4n) is 2.61. The molecular formula is C14H13B. The van der Waals surface area contributed by atoms with Crippen molar-refractivity contribution in [3.8, 4) is 0 Å². The zero-order valence-corrected chi connectivity index (χ0v) is 8.90. The molecular weight excluding hydrogens is 179 g/mol. The van der Waals surface area contributed by atoms with E-state index in [9.17, 15) is 0 Å². The summed E-state index contributed by atoms with van der Waals surface area (Å²) < 4.78 is 0. The third-order valence-corrected chi connectivity index (χ3v) is 3.42. The molecule has 0 unspecified atom stereocenters. The number of hydrogen-bond donors (Lipinski definition) is 0. The van der Waals surface area contributed by atoms with Crippen LogP contribution in [0.5, 0.6) is 0 Å². The summed E-state index contributed by atoms with van der Waals surface area (Å²) in [4.78, 5) is 0. The molecule has 1 aliphatic heterocycles. The van der Waals surface area contributed by atoms with Gasteiger partial charge in [0.1, 0.15) is 0 Å². The van der Waals surface area contributed by atoms with Crippen molar-refractivity contribution in [1.29, 1.82) is 0 Å². The normalized spacial score (nSPS) is 13.3. The van der Waals surface area contributed by atoms with Gasteiger partial charge in [0.05, 0.1) is 0 Å². The molecule has 0 saturated carbocycles. The van der Waals surface area contributed by atoms with Crippen LogP contribution in [0, 0.1) is 0 Å². The lowest BCUT2D eigenvalue weighted by Crippen LogP contribution is -2.46. The molecule has 0 bridgehead atoms. The first-order chi connectivity index (χ1) is 7.36. The molecule has 72 valence electrons. The maximum absolute atomic E-state index is 2.30. The highest BCUT2D eigenvalue weighted by Gasteiger charge is 2.23. The first kappa shape index (κ1) is 8.78. The van der Waals surface area contributed by atoms with Crippen LogP contribution in [0.25, 0.3) is 0 Å². The van der Waals surface area contributed by atoms with Crippen LogP contribution < -0.4 is 10.9 Å². The second kappa shape index (κ2) is 3.27. The molecule has 0 N–H and O–H groups in total. The van der Waals surface area contributed by atoms with E-state index in [4.69, 9.17) is 0 Å². The quantitative estimate of drug-likeness (QED) is 0.558. The Bertz CT molecular complexity index is 457. The molecule has 0 aliphatic carbocycles. The van der Waals surface area contributed by atoms with Crippen molar-refractivity contribution in [2.75, 3.05) is 0 Å². The molecule has 1 aliphatic rings. The lowest BCUT2D eigenvalue weighted by atomic mass is 9.39. The summed E-state index contributed by atoms with van der Waals surface area (Å²) in [7, 11) is 0. The summed E-state index contributed by atoms with van der Waals surface area (Å²) in [5.41, 5.74) is 5.97. The van der Waals surface area contributed by atoms with Gasteiger partial charge in [0, 0.05) is 0 Å². The maximum atomic E-state index is 2.30. The minimum atomic E-state index is 0.547. The molecule has 0 atom stereocenters. The van der Waals surface area contributed by atoms with E-state index in [0.717, 1.165) is 6.42 Å². The Morgan fingerprint density at radius 2 is 1.27 bits per heavy atom. The standard InChI is InChI=1S/C14H13B/c1-15-13-8-4-2-6-11(13)10-12-7-3-5-9-14(12)15/h2-9H,10H2,1H3. The molecule has 0 aromatic heterocycles. The van der Waals surface area contributed by atoms with Crippen LogP contribution in [0.2, 0.25) is 6.82 Å². The Labute approximate surface area is 91.0 Å². The zero-order chi connectivity index (χ0) is 10.3. The Morgan fingerprint density at radius 1 is 0.800 bits per heavy atom. The Morgan fingerprint density at radius 3 is 1.80 bits per heavy atom. The summed E-state index contributed by atoms with van der Waals surface area (Å²) in [6.45, 7) is 2.85. The van der Waals surface area contributed by atoms with Crippen molar-refractivity contribution in [3.63, 3.8) is 0 Å². The van der Waals surface area contributed by atoms with Crippen molar-refractivity contribution in [2.24, 2.45) is 0 Å². The van der Waals surface area contributed by atoms with Gasteiger partial charge in [-0.05, 0) is 17.5 Å². The second-order valence-corrected chi connectivity index (χ2v) is 4.30. The summed E-state index contributed by atoms with van der Waals surface area (Å²) >= 11 is 0. The average Bonchev–Trinajstić information content (AvgIpc) is 2.30. The third kappa shape index (κ3) is 1.31. The fraction of sp³-hybridized carbons (Fsp3) is 0.143. The van der Waals surface area contributed by atoms with Gasteiger partial charge in [-0.2, -0.15) is 0 Å². The van der Waals surface area contributed by atoms with Gasteiger partial charge in [0.15, 0.2) is 0 Å². The predicted molar refractivity (Wildman–Crippen MR) is 66.6 cm³/mol. The van der Waals surface area contributed by atoms with Gasteiger partial charge in [0.2, 0.25) is 6.71 Å². The van der Waals surface area contributed by atoms with Gasteiger partial charge in [0.25, 0.3) is 0 Å². The van der Waals surface area contributed by atoms with Crippen LogP contribution in [0.15, 0.2) is 48.5 Å². The van der Waals surface area contributed by atoms with E-state index in [1.54, 1.807) is 0 Å². The fourth-order valence-corrected chi connectivity index (χ4v) is 2.61. The molecule has 2 aromatic rings. The predicted octanol–water partition coefficient (Wildman–Crippen LogP) is 1.83. The molecule has 2 aromatic carbocycles. The molecule has 0 amide bonds.